The van der Waals surface area contributed by atoms with Crippen molar-refractivity contribution in [1.29, 1.82) is 0 Å². The minimum atomic E-state index is 0.0917. The lowest BCUT2D eigenvalue weighted by Gasteiger charge is -2.22. The third-order valence-corrected chi connectivity index (χ3v) is 4.41. The molecule has 0 amide bonds. The predicted molar refractivity (Wildman–Crippen MR) is 104 cm³/mol. The minimum Gasteiger partial charge on any atom is -0.496 e. The topological polar surface area (TPSA) is 56.2 Å². The van der Waals surface area contributed by atoms with Gasteiger partial charge < -0.3 is 9.64 Å². The first-order chi connectivity index (χ1) is 12.5. The molecule has 0 aliphatic rings. The molecule has 0 aliphatic heterocycles. The lowest BCUT2D eigenvalue weighted by molar-refractivity contribution is 0.0292. The molecule has 0 saturated carbocycles. The van der Waals surface area contributed by atoms with Gasteiger partial charge in [0.1, 0.15) is 5.75 Å². The number of benzene rings is 3. The summed E-state index contributed by atoms with van der Waals surface area (Å²) in [7, 11) is 3.58. The Morgan fingerprint density at radius 1 is 0.846 bits per heavy atom. The van der Waals surface area contributed by atoms with Gasteiger partial charge in [0, 0.05) is 29.0 Å². The molecule has 0 bridgehead atoms. The van der Waals surface area contributed by atoms with Crippen molar-refractivity contribution in [3.05, 3.63) is 71.8 Å². The van der Waals surface area contributed by atoms with Crippen LogP contribution >= 0.6 is 11.6 Å². The van der Waals surface area contributed by atoms with Crippen molar-refractivity contribution >= 4 is 28.7 Å². The lowest BCUT2D eigenvalue weighted by atomic mass is 10.0. The van der Waals surface area contributed by atoms with E-state index in [0.717, 1.165) is 28.3 Å². The van der Waals surface area contributed by atoms with Crippen molar-refractivity contribution in [1.82, 2.24) is 0 Å². The molecule has 0 fully saturated rings. The standard InChI is InChI=1S/C20H19ClN2O3/c1-22(16-6-8-17(9-7-16)23(24)25)18-10-11-20(26-2)19(13-18)14-4-3-5-15(21)12-14/h3-13,24-25H,1-2H3. The quantitative estimate of drug-likeness (QED) is 0.591. The van der Waals surface area contributed by atoms with Gasteiger partial charge in [-0.1, -0.05) is 23.7 Å². The first-order valence-electron chi connectivity index (χ1n) is 7.95. The molecule has 2 N–H and O–H groups in total. The van der Waals surface area contributed by atoms with Crippen LogP contribution in [0.1, 0.15) is 0 Å². The van der Waals surface area contributed by atoms with Crippen LogP contribution < -0.4 is 14.9 Å². The molecule has 0 aliphatic carbocycles. The van der Waals surface area contributed by atoms with Gasteiger partial charge in [0.25, 0.3) is 0 Å². The summed E-state index contributed by atoms with van der Waals surface area (Å²) in [6, 6.07) is 20.4. The van der Waals surface area contributed by atoms with Gasteiger partial charge in [-0.05, 0) is 60.2 Å². The minimum absolute atomic E-state index is 0.0917. The zero-order valence-electron chi connectivity index (χ0n) is 14.4. The highest BCUT2D eigenvalue weighted by Crippen LogP contribution is 2.36. The lowest BCUT2D eigenvalue weighted by Crippen LogP contribution is -2.12. The van der Waals surface area contributed by atoms with E-state index in [1.54, 1.807) is 31.4 Å². The molecular formula is C20H19ClN2O3. The summed E-state index contributed by atoms with van der Waals surface area (Å²) < 4.78 is 5.50. The van der Waals surface area contributed by atoms with E-state index in [-0.39, 0.29) is 10.9 Å². The van der Waals surface area contributed by atoms with Crippen LogP contribution in [0, 0.1) is 0 Å². The summed E-state index contributed by atoms with van der Waals surface area (Å²) in [5, 5.41) is 18.9. The monoisotopic (exact) mass is 370 g/mol. The maximum Gasteiger partial charge on any atom is 0.126 e. The van der Waals surface area contributed by atoms with Crippen LogP contribution in [0.3, 0.4) is 0 Å². The third kappa shape index (κ3) is 3.75. The molecule has 3 rings (SSSR count). The highest BCUT2D eigenvalue weighted by atomic mass is 35.5. The molecular weight excluding hydrogens is 352 g/mol. The van der Waals surface area contributed by atoms with Gasteiger partial charge in [-0.25, -0.2) is 0 Å². The molecule has 26 heavy (non-hydrogen) atoms. The van der Waals surface area contributed by atoms with Crippen LogP contribution in [-0.4, -0.2) is 24.6 Å². The fraction of sp³-hybridized carbons (Fsp3) is 0.100. The predicted octanol–water partition coefficient (Wildman–Crippen LogP) is 5.37. The average molecular weight is 371 g/mol. The molecule has 3 aromatic rings. The van der Waals surface area contributed by atoms with E-state index in [4.69, 9.17) is 26.8 Å². The number of hydrogen-bond acceptors (Lipinski definition) is 5. The number of nitrogens with zero attached hydrogens (tertiary/aromatic N) is 2. The van der Waals surface area contributed by atoms with Crippen molar-refractivity contribution in [2.45, 2.75) is 0 Å². The van der Waals surface area contributed by atoms with Gasteiger partial charge in [-0.3, -0.25) is 10.4 Å². The SMILES string of the molecule is COc1ccc(N(C)c2ccc(N(O)O)cc2)cc1-c1cccc(Cl)c1. The summed E-state index contributed by atoms with van der Waals surface area (Å²) in [4.78, 5) is 2.00. The third-order valence-electron chi connectivity index (χ3n) is 4.17. The Balaban J connectivity index is 1.99. The summed E-state index contributed by atoms with van der Waals surface area (Å²) in [6.45, 7) is 0. The van der Waals surface area contributed by atoms with Gasteiger partial charge in [0.05, 0.1) is 12.8 Å². The van der Waals surface area contributed by atoms with E-state index in [1.807, 2.05) is 54.4 Å². The van der Waals surface area contributed by atoms with Crippen LogP contribution in [0.15, 0.2) is 66.7 Å². The summed E-state index contributed by atoms with van der Waals surface area (Å²) in [5.74, 6) is 0.760. The molecule has 3 aromatic carbocycles. The summed E-state index contributed by atoms with van der Waals surface area (Å²) in [6.07, 6.45) is 0. The largest absolute Gasteiger partial charge is 0.496 e. The first-order valence-corrected chi connectivity index (χ1v) is 8.33. The van der Waals surface area contributed by atoms with Gasteiger partial charge in [-0.15, -0.1) is 5.23 Å². The normalized spacial score (nSPS) is 10.5. The van der Waals surface area contributed by atoms with Crippen LogP contribution in [-0.2, 0) is 0 Å². The second-order valence-corrected chi connectivity index (χ2v) is 6.20. The molecule has 0 unspecified atom stereocenters. The number of ether oxygens (including phenoxy) is 1. The van der Waals surface area contributed by atoms with Gasteiger partial charge in [-0.2, -0.15) is 0 Å². The maximum atomic E-state index is 9.06. The fourth-order valence-corrected chi connectivity index (χ4v) is 2.94. The Kier molecular flexibility index (Phi) is 5.32. The van der Waals surface area contributed by atoms with Crippen molar-refractivity contribution in [3.8, 4) is 16.9 Å². The van der Waals surface area contributed by atoms with Gasteiger partial charge in [0.2, 0.25) is 0 Å². The van der Waals surface area contributed by atoms with Crippen LogP contribution in [0.4, 0.5) is 17.1 Å². The van der Waals surface area contributed by atoms with Crippen LogP contribution in [0.25, 0.3) is 11.1 Å². The number of halogens is 1. The second-order valence-electron chi connectivity index (χ2n) is 5.76. The summed E-state index contributed by atoms with van der Waals surface area (Å²) >= 11 is 6.13. The van der Waals surface area contributed by atoms with Crippen LogP contribution in [0.5, 0.6) is 5.75 Å². The number of rotatable bonds is 5. The zero-order valence-corrected chi connectivity index (χ0v) is 15.2. The summed E-state index contributed by atoms with van der Waals surface area (Å²) in [5.41, 5.74) is 4.05. The van der Waals surface area contributed by atoms with E-state index in [1.165, 1.54) is 0 Å². The molecule has 0 atom stereocenters. The Morgan fingerprint density at radius 3 is 2.12 bits per heavy atom. The van der Waals surface area contributed by atoms with E-state index < -0.39 is 0 Å². The second kappa shape index (κ2) is 7.66. The molecule has 0 saturated heterocycles. The van der Waals surface area contributed by atoms with Crippen LogP contribution in [0.2, 0.25) is 5.02 Å². The Hall–Kier alpha value is -2.73. The Labute approximate surface area is 157 Å². The van der Waals surface area contributed by atoms with Crippen molar-refractivity contribution < 1.29 is 15.2 Å². The maximum absolute atomic E-state index is 9.06. The molecule has 0 heterocycles. The zero-order chi connectivity index (χ0) is 18.7. The molecule has 6 heteroatoms. The number of hydrogen-bond donors (Lipinski definition) is 2. The first kappa shape index (κ1) is 18.1. The van der Waals surface area contributed by atoms with Crippen molar-refractivity contribution in [2.75, 3.05) is 24.3 Å². The smallest absolute Gasteiger partial charge is 0.126 e. The average Bonchev–Trinajstić information content (AvgIpc) is 2.67. The fourth-order valence-electron chi connectivity index (χ4n) is 2.74. The molecule has 5 nitrogen and oxygen atoms in total. The van der Waals surface area contributed by atoms with E-state index >= 15 is 0 Å². The van der Waals surface area contributed by atoms with E-state index in [9.17, 15) is 0 Å². The molecule has 0 spiro atoms. The molecule has 0 radical (unpaired) electrons. The molecule has 0 aromatic heterocycles. The van der Waals surface area contributed by atoms with Gasteiger partial charge in [0.15, 0.2) is 0 Å². The van der Waals surface area contributed by atoms with Crippen molar-refractivity contribution in [2.24, 2.45) is 0 Å². The number of methoxy groups -OCH3 is 1. The van der Waals surface area contributed by atoms with Crippen molar-refractivity contribution in [3.63, 3.8) is 0 Å². The number of anilines is 3. The van der Waals surface area contributed by atoms with Gasteiger partial charge >= 0.3 is 0 Å². The Morgan fingerprint density at radius 2 is 1.50 bits per heavy atom. The highest BCUT2D eigenvalue weighted by Gasteiger charge is 2.11. The van der Waals surface area contributed by atoms with E-state index in [0.29, 0.717) is 5.02 Å². The Bertz CT molecular complexity index is 898. The molecule has 134 valence electrons. The highest BCUT2D eigenvalue weighted by molar-refractivity contribution is 6.30. The van der Waals surface area contributed by atoms with E-state index in [2.05, 4.69) is 0 Å².